The molecule has 2 heterocycles. The molecule has 26 heavy (non-hydrogen) atoms. The molecule has 0 atom stereocenters. The molecule has 134 valence electrons. The van der Waals surface area contributed by atoms with Gasteiger partial charge in [-0.25, -0.2) is 4.98 Å². The van der Waals surface area contributed by atoms with Gasteiger partial charge in [-0.05, 0) is 50.3 Å². The Balaban J connectivity index is 1.71. The Kier molecular flexibility index (Phi) is 4.32. The minimum absolute atomic E-state index is 0.0672. The fraction of sp³-hybridized carbons (Fsp3) is 0.316. The van der Waals surface area contributed by atoms with Gasteiger partial charge in [0.1, 0.15) is 10.2 Å². The number of amides is 1. The van der Waals surface area contributed by atoms with Gasteiger partial charge in [0.15, 0.2) is 0 Å². The molecule has 1 saturated carbocycles. The topological polar surface area (TPSA) is 64.0 Å². The zero-order valence-electron chi connectivity index (χ0n) is 14.5. The highest BCUT2D eigenvalue weighted by atomic mass is 35.5. The molecule has 4 rings (SSSR count). The molecule has 2 aromatic heterocycles. The normalized spacial score (nSPS) is 14.0. The molecule has 0 bridgehead atoms. The summed E-state index contributed by atoms with van der Waals surface area (Å²) in [5, 5.41) is 3.32. The summed E-state index contributed by atoms with van der Waals surface area (Å²) in [6, 6.07) is 5.45. The third kappa shape index (κ3) is 3.15. The summed E-state index contributed by atoms with van der Waals surface area (Å²) in [6.45, 7) is 4.48. The van der Waals surface area contributed by atoms with E-state index < -0.39 is 0 Å². The first kappa shape index (κ1) is 17.2. The van der Waals surface area contributed by atoms with Crippen molar-refractivity contribution in [1.82, 2.24) is 9.55 Å². The van der Waals surface area contributed by atoms with Gasteiger partial charge in [0, 0.05) is 11.4 Å². The molecule has 0 unspecified atom stereocenters. The van der Waals surface area contributed by atoms with E-state index in [0.29, 0.717) is 39.0 Å². The number of carbonyl (C=O) groups excluding carboxylic acids is 1. The zero-order chi connectivity index (χ0) is 18.4. The lowest BCUT2D eigenvalue weighted by Gasteiger charge is -2.08. The standard InChI is InChI=1S/C19H18ClN3O2S/c1-10-3-6-14(13(20)7-10)22-18(24)15-11(2)26-17-16(15)21-9-23(19(17)25)8-12-4-5-12/h3,6-7,9,12H,4-5,8H2,1-2H3,(H,22,24). The van der Waals surface area contributed by atoms with E-state index in [4.69, 9.17) is 11.6 Å². The van der Waals surface area contributed by atoms with Crippen LogP contribution >= 0.6 is 22.9 Å². The number of fused-ring (bicyclic) bond motifs is 1. The summed E-state index contributed by atoms with van der Waals surface area (Å²) < 4.78 is 2.19. The average Bonchev–Trinajstić information content (AvgIpc) is 3.33. The maximum Gasteiger partial charge on any atom is 0.271 e. The van der Waals surface area contributed by atoms with Crippen molar-refractivity contribution in [1.29, 1.82) is 0 Å². The molecule has 0 saturated heterocycles. The van der Waals surface area contributed by atoms with Gasteiger partial charge in [0.05, 0.1) is 22.6 Å². The fourth-order valence-corrected chi connectivity index (χ4v) is 4.33. The number of carbonyl (C=O) groups is 1. The number of aryl methyl sites for hydroxylation is 2. The quantitative estimate of drug-likeness (QED) is 0.722. The molecule has 1 aliphatic carbocycles. The zero-order valence-corrected chi connectivity index (χ0v) is 16.1. The first-order valence-corrected chi connectivity index (χ1v) is 9.69. The van der Waals surface area contributed by atoms with Crippen molar-refractivity contribution in [3.05, 3.63) is 55.9 Å². The Morgan fingerprint density at radius 3 is 2.85 bits per heavy atom. The highest BCUT2D eigenvalue weighted by molar-refractivity contribution is 7.19. The number of hydrogen-bond acceptors (Lipinski definition) is 4. The van der Waals surface area contributed by atoms with Gasteiger partial charge in [-0.15, -0.1) is 11.3 Å². The van der Waals surface area contributed by atoms with E-state index in [1.807, 2.05) is 19.9 Å². The van der Waals surface area contributed by atoms with Crippen LogP contribution in [0.3, 0.4) is 0 Å². The summed E-state index contributed by atoms with van der Waals surface area (Å²) in [7, 11) is 0. The highest BCUT2D eigenvalue weighted by Crippen LogP contribution is 2.32. The largest absolute Gasteiger partial charge is 0.321 e. The van der Waals surface area contributed by atoms with E-state index >= 15 is 0 Å². The van der Waals surface area contributed by atoms with Crippen LogP contribution in [0.5, 0.6) is 0 Å². The van der Waals surface area contributed by atoms with E-state index in [1.54, 1.807) is 23.0 Å². The lowest BCUT2D eigenvalue weighted by Crippen LogP contribution is -2.21. The van der Waals surface area contributed by atoms with Crippen molar-refractivity contribution in [3.8, 4) is 0 Å². The van der Waals surface area contributed by atoms with Crippen LogP contribution < -0.4 is 10.9 Å². The molecule has 1 fully saturated rings. The van der Waals surface area contributed by atoms with Gasteiger partial charge in [0.25, 0.3) is 11.5 Å². The number of anilines is 1. The Hall–Kier alpha value is -2.18. The molecule has 0 spiro atoms. The molecular formula is C19H18ClN3O2S. The lowest BCUT2D eigenvalue weighted by molar-refractivity contribution is 0.102. The Morgan fingerprint density at radius 1 is 1.38 bits per heavy atom. The second kappa shape index (κ2) is 6.52. The van der Waals surface area contributed by atoms with Crippen molar-refractivity contribution in [2.24, 2.45) is 5.92 Å². The summed E-state index contributed by atoms with van der Waals surface area (Å²) >= 11 is 7.54. The maximum absolute atomic E-state index is 12.8. The van der Waals surface area contributed by atoms with Crippen LogP contribution in [-0.2, 0) is 6.54 Å². The number of benzene rings is 1. The number of halogens is 1. The SMILES string of the molecule is Cc1ccc(NC(=O)c2c(C)sc3c(=O)n(CC4CC4)cnc23)c(Cl)c1. The molecule has 1 aromatic carbocycles. The second-order valence-corrected chi connectivity index (χ2v) is 8.43. The smallest absolute Gasteiger partial charge is 0.271 e. The molecule has 5 nitrogen and oxygen atoms in total. The number of hydrogen-bond donors (Lipinski definition) is 1. The fourth-order valence-electron chi connectivity index (χ4n) is 2.99. The number of nitrogens with zero attached hydrogens (tertiary/aromatic N) is 2. The number of nitrogens with one attached hydrogen (secondary N) is 1. The van der Waals surface area contributed by atoms with Crippen molar-refractivity contribution >= 4 is 44.7 Å². The van der Waals surface area contributed by atoms with Crippen molar-refractivity contribution in [2.45, 2.75) is 33.2 Å². The predicted molar refractivity (Wildman–Crippen MR) is 105 cm³/mol. The van der Waals surface area contributed by atoms with Crippen LogP contribution in [0, 0.1) is 19.8 Å². The predicted octanol–water partition coefficient (Wildman–Crippen LogP) is 4.39. The van der Waals surface area contributed by atoms with Crippen LogP contribution in [0.1, 0.15) is 33.6 Å². The van der Waals surface area contributed by atoms with E-state index in [2.05, 4.69) is 10.3 Å². The maximum atomic E-state index is 12.8. The molecule has 1 amide bonds. The molecule has 0 aliphatic heterocycles. The minimum atomic E-state index is -0.300. The van der Waals surface area contributed by atoms with Crippen LogP contribution in [0.4, 0.5) is 5.69 Å². The number of aromatic nitrogens is 2. The third-order valence-electron chi connectivity index (χ3n) is 4.59. The van der Waals surface area contributed by atoms with Crippen LogP contribution in [0.2, 0.25) is 5.02 Å². The molecular weight excluding hydrogens is 370 g/mol. The monoisotopic (exact) mass is 387 g/mol. The average molecular weight is 388 g/mol. The molecule has 1 aliphatic rings. The Bertz CT molecular complexity index is 1080. The van der Waals surface area contributed by atoms with Crippen LogP contribution in [0.15, 0.2) is 29.3 Å². The number of thiophene rings is 1. The van der Waals surface area contributed by atoms with Gasteiger partial charge < -0.3 is 5.32 Å². The van der Waals surface area contributed by atoms with Gasteiger partial charge in [-0.3, -0.25) is 14.2 Å². The number of rotatable bonds is 4. The summed E-state index contributed by atoms with van der Waals surface area (Å²) in [4.78, 5) is 30.7. The van der Waals surface area contributed by atoms with Crippen molar-refractivity contribution < 1.29 is 4.79 Å². The van der Waals surface area contributed by atoms with E-state index in [1.165, 1.54) is 24.2 Å². The Labute approximate surface area is 159 Å². The lowest BCUT2D eigenvalue weighted by atomic mass is 10.2. The highest BCUT2D eigenvalue weighted by Gasteiger charge is 2.25. The van der Waals surface area contributed by atoms with Gasteiger partial charge in [0.2, 0.25) is 0 Å². The van der Waals surface area contributed by atoms with E-state index in [-0.39, 0.29) is 11.5 Å². The minimum Gasteiger partial charge on any atom is -0.321 e. The molecule has 7 heteroatoms. The molecule has 1 N–H and O–H groups in total. The third-order valence-corrected chi connectivity index (χ3v) is 5.99. The molecule has 3 aromatic rings. The Morgan fingerprint density at radius 2 is 2.15 bits per heavy atom. The van der Waals surface area contributed by atoms with Crippen molar-refractivity contribution in [2.75, 3.05) is 5.32 Å². The van der Waals surface area contributed by atoms with Crippen LogP contribution in [0.25, 0.3) is 10.2 Å². The first-order valence-electron chi connectivity index (χ1n) is 8.50. The summed E-state index contributed by atoms with van der Waals surface area (Å²) in [5.74, 6) is 0.283. The van der Waals surface area contributed by atoms with Gasteiger partial charge in [-0.1, -0.05) is 17.7 Å². The summed E-state index contributed by atoms with van der Waals surface area (Å²) in [5.41, 5.74) is 2.40. The van der Waals surface area contributed by atoms with E-state index in [0.717, 1.165) is 10.4 Å². The van der Waals surface area contributed by atoms with Gasteiger partial charge in [-0.2, -0.15) is 0 Å². The first-order chi connectivity index (χ1) is 12.4. The van der Waals surface area contributed by atoms with Crippen molar-refractivity contribution in [3.63, 3.8) is 0 Å². The summed E-state index contributed by atoms with van der Waals surface area (Å²) in [6.07, 6.45) is 3.89. The second-order valence-electron chi connectivity index (χ2n) is 6.79. The molecule has 0 radical (unpaired) electrons. The van der Waals surface area contributed by atoms with E-state index in [9.17, 15) is 9.59 Å². The van der Waals surface area contributed by atoms with Crippen LogP contribution in [-0.4, -0.2) is 15.5 Å². The van der Waals surface area contributed by atoms with Gasteiger partial charge >= 0.3 is 0 Å².